The van der Waals surface area contributed by atoms with Crippen molar-refractivity contribution < 1.29 is 9.36 Å². The Kier molecular flexibility index (Phi) is 3.13. The maximum Gasteiger partial charge on any atom is 0.226 e. The van der Waals surface area contributed by atoms with Gasteiger partial charge in [0.05, 0.1) is 0 Å². The van der Waals surface area contributed by atoms with Crippen LogP contribution in [-0.2, 0) is 6.54 Å². The third kappa shape index (κ3) is 2.42. The Balaban J connectivity index is 1.90. The highest BCUT2D eigenvalue weighted by atomic mass is 32.1. The topological polar surface area (TPSA) is 20.9 Å². The SMILES string of the molecule is CC(=O)c1ccc(C[n+]2csc3ccccc32)cc1. The number of rotatable bonds is 3. The van der Waals surface area contributed by atoms with Crippen LogP contribution in [0.1, 0.15) is 22.8 Å². The van der Waals surface area contributed by atoms with E-state index in [0.717, 1.165) is 12.1 Å². The molecule has 0 aliphatic heterocycles. The summed E-state index contributed by atoms with van der Waals surface area (Å²) >= 11 is 1.75. The van der Waals surface area contributed by atoms with Crippen molar-refractivity contribution in [1.29, 1.82) is 0 Å². The van der Waals surface area contributed by atoms with E-state index in [-0.39, 0.29) is 5.78 Å². The Labute approximate surface area is 115 Å². The van der Waals surface area contributed by atoms with E-state index in [4.69, 9.17) is 0 Å². The highest BCUT2D eigenvalue weighted by Gasteiger charge is 2.11. The van der Waals surface area contributed by atoms with Gasteiger partial charge in [0.25, 0.3) is 0 Å². The fourth-order valence-corrected chi connectivity index (χ4v) is 3.03. The molecule has 0 aliphatic carbocycles. The summed E-state index contributed by atoms with van der Waals surface area (Å²) in [4.78, 5) is 11.2. The molecule has 3 aromatic rings. The van der Waals surface area contributed by atoms with Gasteiger partial charge in [0, 0.05) is 17.2 Å². The largest absolute Gasteiger partial charge is 0.295 e. The van der Waals surface area contributed by atoms with Crippen LogP contribution in [0.2, 0.25) is 0 Å². The zero-order valence-electron chi connectivity index (χ0n) is 10.7. The summed E-state index contributed by atoms with van der Waals surface area (Å²) in [7, 11) is 0. The number of hydrogen-bond donors (Lipinski definition) is 0. The molecule has 3 heteroatoms. The molecule has 0 radical (unpaired) electrons. The quantitative estimate of drug-likeness (QED) is 0.526. The van der Waals surface area contributed by atoms with Crippen LogP contribution in [0.5, 0.6) is 0 Å². The lowest BCUT2D eigenvalue weighted by Gasteiger charge is -1.98. The zero-order valence-corrected chi connectivity index (χ0v) is 11.5. The molecular formula is C16H14NOS+. The van der Waals surface area contributed by atoms with Gasteiger partial charge >= 0.3 is 0 Å². The minimum atomic E-state index is 0.111. The Morgan fingerprint density at radius 2 is 1.84 bits per heavy atom. The van der Waals surface area contributed by atoms with Gasteiger partial charge in [0.1, 0.15) is 4.70 Å². The lowest BCUT2D eigenvalue weighted by molar-refractivity contribution is -0.658. The number of nitrogens with zero attached hydrogens (tertiary/aromatic N) is 1. The lowest BCUT2D eigenvalue weighted by Crippen LogP contribution is -2.31. The molecule has 0 atom stereocenters. The standard InChI is InChI=1S/C16H14NOS/c1-12(18)14-8-6-13(7-9-14)10-17-11-19-16-5-3-2-4-15(16)17/h2-9,11H,10H2,1H3/q+1. The van der Waals surface area contributed by atoms with Crippen LogP contribution in [0, 0.1) is 0 Å². The maximum absolute atomic E-state index is 11.2. The molecule has 3 rings (SSSR count). The number of fused-ring (bicyclic) bond motifs is 1. The average molecular weight is 268 g/mol. The number of carbonyl (C=O) groups is 1. The molecule has 0 bridgehead atoms. The Morgan fingerprint density at radius 3 is 2.58 bits per heavy atom. The minimum absolute atomic E-state index is 0.111. The molecule has 0 N–H and O–H groups in total. The normalized spacial score (nSPS) is 10.8. The van der Waals surface area contributed by atoms with Gasteiger partial charge in [-0.3, -0.25) is 4.79 Å². The maximum atomic E-state index is 11.2. The summed E-state index contributed by atoms with van der Waals surface area (Å²) in [6.07, 6.45) is 0. The summed E-state index contributed by atoms with van der Waals surface area (Å²) < 4.78 is 3.53. The molecule has 0 aliphatic rings. The van der Waals surface area contributed by atoms with Crippen molar-refractivity contribution >= 4 is 27.3 Å². The van der Waals surface area contributed by atoms with Crippen molar-refractivity contribution in [2.45, 2.75) is 13.5 Å². The molecule has 1 heterocycles. The Bertz CT molecular complexity index is 728. The fourth-order valence-electron chi connectivity index (χ4n) is 2.14. The molecule has 19 heavy (non-hydrogen) atoms. The third-order valence-corrected chi connectivity index (χ3v) is 4.15. The van der Waals surface area contributed by atoms with Crippen LogP contribution < -0.4 is 4.57 Å². The minimum Gasteiger partial charge on any atom is -0.295 e. The first-order chi connectivity index (χ1) is 9.24. The number of ketones is 1. The van der Waals surface area contributed by atoms with Crippen molar-refractivity contribution in [3.05, 3.63) is 65.2 Å². The average Bonchev–Trinajstić information content (AvgIpc) is 2.83. The monoisotopic (exact) mass is 268 g/mol. The fraction of sp³-hybridized carbons (Fsp3) is 0.125. The molecule has 0 saturated carbocycles. The van der Waals surface area contributed by atoms with Gasteiger partial charge in [-0.1, -0.05) is 47.7 Å². The second-order valence-corrected chi connectivity index (χ2v) is 5.46. The first-order valence-corrected chi connectivity index (χ1v) is 7.07. The van der Waals surface area contributed by atoms with Gasteiger partial charge in [0.15, 0.2) is 12.3 Å². The summed E-state index contributed by atoms with van der Waals surface area (Å²) in [6, 6.07) is 16.2. The van der Waals surface area contributed by atoms with E-state index in [1.807, 2.05) is 24.3 Å². The van der Waals surface area contributed by atoms with Crippen molar-refractivity contribution in [3.63, 3.8) is 0 Å². The first-order valence-electron chi connectivity index (χ1n) is 6.19. The van der Waals surface area contributed by atoms with E-state index < -0.39 is 0 Å². The molecule has 0 unspecified atom stereocenters. The van der Waals surface area contributed by atoms with Crippen molar-refractivity contribution in [2.24, 2.45) is 0 Å². The molecular weight excluding hydrogens is 254 g/mol. The number of benzene rings is 2. The summed E-state index contributed by atoms with van der Waals surface area (Å²) in [5.74, 6) is 0.111. The zero-order chi connectivity index (χ0) is 13.2. The van der Waals surface area contributed by atoms with E-state index in [2.05, 4.69) is 34.3 Å². The summed E-state index contributed by atoms with van der Waals surface area (Å²) in [6.45, 7) is 2.43. The number of Topliss-reactive ketones (excluding diaryl/α,β-unsaturated/α-hetero) is 1. The second-order valence-electron chi connectivity index (χ2n) is 4.57. The molecule has 0 saturated heterocycles. The Morgan fingerprint density at radius 1 is 1.11 bits per heavy atom. The van der Waals surface area contributed by atoms with E-state index in [9.17, 15) is 4.79 Å². The lowest BCUT2D eigenvalue weighted by atomic mass is 10.1. The number of para-hydroxylation sites is 1. The van der Waals surface area contributed by atoms with Crippen LogP contribution >= 0.6 is 11.3 Å². The van der Waals surface area contributed by atoms with E-state index in [0.29, 0.717) is 0 Å². The smallest absolute Gasteiger partial charge is 0.226 e. The number of aromatic nitrogens is 1. The van der Waals surface area contributed by atoms with E-state index in [1.54, 1.807) is 18.3 Å². The summed E-state index contributed by atoms with van der Waals surface area (Å²) in [5, 5.41) is 0. The van der Waals surface area contributed by atoms with Crippen LogP contribution in [0.25, 0.3) is 10.2 Å². The van der Waals surface area contributed by atoms with Crippen LogP contribution in [0.3, 0.4) is 0 Å². The van der Waals surface area contributed by atoms with Crippen LogP contribution in [0.15, 0.2) is 54.0 Å². The molecule has 0 amide bonds. The number of thiazole rings is 1. The van der Waals surface area contributed by atoms with Crippen molar-refractivity contribution in [3.8, 4) is 0 Å². The number of hydrogen-bond acceptors (Lipinski definition) is 2. The molecule has 2 aromatic carbocycles. The van der Waals surface area contributed by atoms with Gasteiger partial charge in [0.2, 0.25) is 11.0 Å². The van der Waals surface area contributed by atoms with Crippen molar-refractivity contribution in [1.82, 2.24) is 0 Å². The second kappa shape index (κ2) is 4.94. The third-order valence-electron chi connectivity index (χ3n) is 3.19. The molecule has 1 aromatic heterocycles. The molecule has 94 valence electrons. The first kappa shape index (κ1) is 12.1. The van der Waals surface area contributed by atoms with Crippen LogP contribution in [-0.4, -0.2) is 5.78 Å². The van der Waals surface area contributed by atoms with Gasteiger partial charge in [-0.05, 0) is 13.0 Å². The van der Waals surface area contributed by atoms with Gasteiger partial charge < -0.3 is 0 Å². The van der Waals surface area contributed by atoms with Crippen molar-refractivity contribution in [2.75, 3.05) is 0 Å². The van der Waals surface area contributed by atoms with Gasteiger partial charge in [-0.25, -0.2) is 0 Å². The highest BCUT2D eigenvalue weighted by molar-refractivity contribution is 7.16. The van der Waals surface area contributed by atoms with E-state index >= 15 is 0 Å². The molecule has 0 fully saturated rings. The molecule has 0 spiro atoms. The van der Waals surface area contributed by atoms with Crippen LogP contribution in [0.4, 0.5) is 0 Å². The Hall–Kier alpha value is -2.00. The predicted octanol–water partition coefficient (Wildman–Crippen LogP) is 3.44. The predicted molar refractivity (Wildman–Crippen MR) is 77.6 cm³/mol. The molecule has 2 nitrogen and oxygen atoms in total. The number of carbonyl (C=O) groups excluding carboxylic acids is 1. The van der Waals surface area contributed by atoms with Gasteiger partial charge in [-0.15, -0.1) is 0 Å². The summed E-state index contributed by atoms with van der Waals surface area (Å²) in [5.41, 5.74) is 5.37. The highest BCUT2D eigenvalue weighted by Crippen LogP contribution is 2.16. The van der Waals surface area contributed by atoms with E-state index in [1.165, 1.54) is 15.8 Å². The van der Waals surface area contributed by atoms with Gasteiger partial charge in [-0.2, -0.15) is 4.57 Å².